The average Bonchev–Trinajstić information content (AvgIpc) is 2.51. The lowest BCUT2D eigenvalue weighted by Gasteiger charge is -2.43. The number of carboxylic acid groups (broad SMARTS) is 1. The van der Waals surface area contributed by atoms with Crippen LogP contribution in [0.25, 0.3) is 0 Å². The zero-order valence-electron chi connectivity index (χ0n) is 13.8. The number of aliphatic carboxylic acids is 1. The van der Waals surface area contributed by atoms with Gasteiger partial charge in [-0.3, -0.25) is 9.59 Å². The van der Waals surface area contributed by atoms with Crippen molar-refractivity contribution in [2.75, 3.05) is 6.54 Å². The molecule has 2 heterocycles. The first-order valence-corrected chi connectivity index (χ1v) is 8.16. The Morgan fingerprint density at radius 1 is 1.17 bits per heavy atom. The zero-order chi connectivity index (χ0) is 17.4. The van der Waals surface area contributed by atoms with Crippen LogP contribution in [0.4, 0.5) is 0 Å². The lowest BCUT2D eigenvalue weighted by molar-refractivity contribution is -0.270. The molecule has 2 saturated heterocycles. The van der Waals surface area contributed by atoms with Crippen LogP contribution in [0.1, 0.15) is 46.5 Å². The Balaban J connectivity index is 2.21. The van der Waals surface area contributed by atoms with Gasteiger partial charge in [-0.15, -0.1) is 0 Å². The first-order valence-electron chi connectivity index (χ1n) is 8.16. The quantitative estimate of drug-likeness (QED) is 0.743. The van der Waals surface area contributed by atoms with Crippen LogP contribution in [0.5, 0.6) is 0 Å². The third-order valence-electron chi connectivity index (χ3n) is 5.13. The fourth-order valence-corrected chi connectivity index (χ4v) is 3.42. The number of carbonyl (C=O) groups excluding carboxylic acids is 2. The van der Waals surface area contributed by atoms with Crippen molar-refractivity contribution in [3.63, 3.8) is 0 Å². The summed E-state index contributed by atoms with van der Waals surface area (Å²) in [4.78, 5) is 37.5. The molecule has 0 aliphatic carbocycles. The molecular formula is C16H25NO6. The summed E-state index contributed by atoms with van der Waals surface area (Å²) in [6, 6.07) is -1.01. The molecule has 1 amide bonds. The van der Waals surface area contributed by atoms with Crippen LogP contribution in [-0.4, -0.2) is 57.3 Å². The first-order chi connectivity index (χ1) is 10.7. The van der Waals surface area contributed by atoms with Crippen LogP contribution in [0, 0.1) is 11.8 Å². The van der Waals surface area contributed by atoms with Gasteiger partial charge in [-0.05, 0) is 38.5 Å². The number of ether oxygens (including phenoxy) is 1. The Hall–Kier alpha value is -1.47. The maximum absolute atomic E-state index is 12.6. The number of nitrogens with zero attached hydrogens (tertiary/aromatic N) is 1. The minimum absolute atomic E-state index is 0.162. The number of aliphatic hydroxyl groups is 1. The van der Waals surface area contributed by atoms with E-state index in [0.29, 0.717) is 25.7 Å². The lowest BCUT2D eigenvalue weighted by Crippen LogP contribution is -2.61. The number of hydrogen-bond donors (Lipinski definition) is 2. The largest absolute Gasteiger partial charge is 0.480 e. The molecule has 0 aromatic rings. The van der Waals surface area contributed by atoms with Gasteiger partial charge in [-0.2, -0.15) is 0 Å². The topological polar surface area (TPSA) is 104 Å². The minimum atomic E-state index is -2.18. The predicted molar refractivity (Wildman–Crippen MR) is 80.4 cm³/mol. The van der Waals surface area contributed by atoms with Crippen molar-refractivity contribution in [3.05, 3.63) is 0 Å². The lowest BCUT2D eigenvalue weighted by atomic mass is 9.82. The Labute approximate surface area is 135 Å². The first kappa shape index (κ1) is 17.9. The van der Waals surface area contributed by atoms with E-state index in [2.05, 4.69) is 0 Å². The molecule has 2 aliphatic rings. The fourth-order valence-electron chi connectivity index (χ4n) is 3.42. The number of carboxylic acids is 1. The SMILES string of the molecule is CC1CC(C)C(O)(C(=O)C(=O)N2CCCCC2C(=O)O)OC1C. The van der Waals surface area contributed by atoms with Gasteiger partial charge in [0.25, 0.3) is 11.7 Å². The van der Waals surface area contributed by atoms with Gasteiger partial charge in [0.2, 0.25) is 5.79 Å². The van der Waals surface area contributed by atoms with Crippen molar-refractivity contribution in [2.24, 2.45) is 11.8 Å². The molecule has 0 radical (unpaired) electrons. The van der Waals surface area contributed by atoms with E-state index in [-0.39, 0.29) is 18.6 Å². The highest BCUT2D eigenvalue weighted by molar-refractivity contribution is 6.39. The van der Waals surface area contributed by atoms with Crippen molar-refractivity contribution in [3.8, 4) is 0 Å². The summed E-state index contributed by atoms with van der Waals surface area (Å²) in [7, 11) is 0. The van der Waals surface area contributed by atoms with Crippen LogP contribution < -0.4 is 0 Å². The molecule has 23 heavy (non-hydrogen) atoms. The zero-order valence-corrected chi connectivity index (χ0v) is 13.8. The third-order valence-corrected chi connectivity index (χ3v) is 5.13. The molecule has 5 atom stereocenters. The monoisotopic (exact) mass is 327 g/mol. The second-order valence-corrected chi connectivity index (χ2v) is 6.81. The molecule has 2 fully saturated rings. The third kappa shape index (κ3) is 3.26. The average molecular weight is 327 g/mol. The minimum Gasteiger partial charge on any atom is -0.480 e. The smallest absolute Gasteiger partial charge is 0.326 e. The number of Topliss-reactive ketones (excluding diaryl/α,β-unsaturated/α-hetero) is 1. The number of carbonyl (C=O) groups is 3. The molecule has 0 spiro atoms. The summed E-state index contributed by atoms with van der Waals surface area (Å²) in [5.41, 5.74) is 0. The van der Waals surface area contributed by atoms with E-state index in [9.17, 15) is 24.6 Å². The Morgan fingerprint density at radius 2 is 1.83 bits per heavy atom. The molecule has 0 saturated carbocycles. The number of hydrogen-bond acceptors (Lipinski definition) is 5. The fraction of sp³-hybridized carbons (Fsp3) is 0.812. The number of likely N-dealkylation sites (tertiary alicyclic amines) is 1. The van der Waals surface area contributed by atoms with Crippen molar-refractivity contribution >= 4 is 17.7 Å². The van der Waals surface area contributed by atoms with Gasteiger partial charge in [0.15, 0.2) is 0 Å². The summed E-state index contributed by atoms with van der Waals surface area (Å²) in [6.45, 7) is 5.58. The molecule has 0 aromatic heterocycles. The van der Waals surface area contributed by atoms with Crippen LogP contribution in [0.3, 0.4) is 0 Å². The van der Waals surface area contributed by atoms with Crippen molar-refractivity contribution in [1.82, 2.24) is 4.90 Å². The highest BCUT2D eigenvalue weighted by atomic mass is 16.6. The highest BCUT2D eigenvalue weighted by Crippen LogP contribution is 2.36. The maximum atomic E-state index is 12.6. The van der Waals surface area contributed by atoms with E-state index in [1.165, 1.54) is 0 Å². The van der Waals surface area contributed by atoms with Gasteiger partial charge < -0.3 is 19.8 Å². The Kier molecular flexibility index (Phi) is 5.10. The van der Waals surface area contributed by atoms with Crippen LogP contribution >= 0.6 is 0 Å². The maximum Gasteiger partial charge on any atom is 0.326 e. The summed E-state index contributed by atoms with van der Waals surface area (Å²) >= 11 is 0. The summed E-state index contributed by atoms with van der Waals surface area (Å²) in [5, 5.41) is 19.9. The molecule has 7 heteroatoms. The van der Waals surface area contributed by atoms with Crippen molar-refractivity contribution in [2.45, 2.75) is 64.4 Å². The molecule has 0 bridgehead atoms. The van der Waals surface area contributed by atoms with E-state index >= 15 is 0 Å². The van der Waals surface area contributed by atoms with Gasteiger partial charge in [-0.25, -0.2) is 4.79 Å². The van der Waals surface area contributed by atoms with E-state index in [4.69, 9.17) is 4.74 Å². The second kappa shape index (κ2) is 6.57. The molecule has 2 rings (SSSR count). The molecule has 130 valence electrons. The van der Waals surface area contributed by atoms with Crippen molar-refractivity contribution < 1.29 is 29.3 Å². The number of amides is 1. The molecule has 2 aliphatic heterocycles. The highest BCUT2D eigenvalue weighted by Gasteiger charge is 2.53. The molecule has 2 N–H and O–H groups in total. The van der Waals surface area contributed by atoms with Gasteiger partial charge >= 0.3 is 5.97 Å². The Bertz CT molecular complexity index is 507. The number of piperidine rings is 1. The van der Waals surface area contributed by atoms with E-state index in [0.717, 1.165) is 4.90 Å². The normalized spacial score (nSPS) is 38.2. The van der Waals surface area contributed by atoms with E-state index < -0.39 is 35.4 Å². The predicted octanol–water partition coefficient (Wildman–Crippen LogP) is 0.791. The van der Waals surface area contributed by atoms with Crippen LogP contribution in [0.2, 0.25) is 0 Å². The summed E-state index contributed by atoms with van der Waals surface area (Å²) in [6.07, 6.45) is 1.85. The number of rotatable bonds is 3. The summed E-state index contributed by atoms with van der Waals surface area (Å²) in [5.74, 6) is -5.69. The summed E-state index contributed by atoms with van der Waals surface area (Å²) < 4.78 is 5.48. The van der Waals surface area contributed by atoms with Crippen LogP contribution in [0.15, 0.2) is 0 Å². The van der Waals surface area contributed by atoms with Gasteiger partial charge in [0.1, 0.15) is 6.04 Å². The second-order valence-electron chi connectivity index (χ2n) is 6.81. The van der Waals surface area contributed by atoms with Gasteiger partial charge in [0, 0.05) is 12.5 Å². The van der Waals surface area contributed by atoms with Crippen LogP contribution in [-0.2, 0) is 19.1 Å². The molecule has 0 aromatic carbocycles. The standard InChI is InChI=1S/C16H25NO6/c1-9-8-10(2)16(22,23-11(9)3)13(18)14(19)17-7-5-4-6-12(17)15(20)21/h9-12,22H,4-8H2,1-3H3,(H,20,21). The number of ketones is 1. The van der Waals surface area contributed by atoms with Crippen molar-refractivity contribution in [1.29, 1.82) is 0 Å². The van der Waals surface area contributed by atoms with E-state index in [1.54, 1.807) is 13.8 Å². The van der Waals surface area contributed by atoms with Gasteiger partial charge in [0.05, 0.1) is 6.10 Å². The molecular weight excluding hydrogens is 302 g/mol. The Morgan fingerprint density at radius 3 is 2.43 bits per heavy atom. The molecule has 7 nitrogen and oxygen atoms in total. The van der Waals surface area contributed by atoms with Gasteiger partial charge in [-0.1, -0.05) is 13.8 Å². The van der Waals surface area contributed by atoms with E-state index in [1.807, 2.05) is 6.92 Å². The molecule has 5 unspecified atom stereocenters.